The van der Waals surface area contributed by atoms with E-state index >= 15 is 0 Å². The lowest BCUT2D eigenvalue weighted by Crippen LogP contribution is -2.69. The normalized spacial score (nSPS) is 26.1. The maximum absolute atomic E-state index is 13.7. The summed E-state index contributed by atoms with van der Waals surface area (Å²) < 4.78 is 11.0. The van der Waals surface area contributed by atoms with Gasteiger partial charge >= 0.3 is 6.03 Å². The fourth-order valence-corrected chi connectivity index (χ4v) is 6.20. The van der Waals surface area contributed by atoms with Crippen molar-refractivity contribution in [3.8, 4) is 0 Å². The molecular formula is C23H36N8O4. The first-order valence-corrected chi connectivity index (χ1v) is 12.3. The number of carbonyl (C=O) groups is 2. The van der Waals surface area contributed by atoms with E-state index in [-0.39, 0.29) is 22.9 Å². The van der Waals surface area contributed by atoms with E-state index in [9.17, 15) is 9.59 Å². The number of likely N-dealkylation sites (N-methyl/N-ethyl adjacent to an activating group) is 1. The summed E-state index contributed by atoms with van der Waals surface area (Å²) >= 11 is 0. The van der Waals surface area contributed by atoms with Crippen molar-refractivity contribution in [2.24, 2.45) is 0 Å². The number of imide groups is 1. The molecule has 1 aromatic rings. The second-order valence-corrected chi connectivity index (χ2v) is 11.2. The molecule has 1 aromatic heterocycles. The van der Waals surface area contributed by atoms with Crippen molar-refractivity contribution in [1.29, 1.82) is 0 Å². The Kier molecular flexibility index (Phi) is 5.88. The zero-order chi connectivity index (χ0) is 25.0. The van der Waals surface area contributed by atoms with Crippen molar-refractivity contribution in [3.63, 3.8) is 0 Å². The van der Waals surface area contributed by atoms with Crippen LogP contribution in [0.1, 0.15) is 40.5 Å². The largest absolute Gasteiger partial charge is 0.378 e. The number of piperidine rings is 1. The van der Waals surface area contributed by atoms with E-state index in [0.29, 0.717) is 77.3 Å². The number of amides is 3. The van der Waals surface area contributed by atoms with Crippen molar-refractivity contribution in [2.45, 2.75) is 57.2 Å². The number of ether oxygens (including phenoxy) is 2. The van der Waals surface area contributed by atoms with Gasteiger partial charge in [0.15, 0.2) is 0 Å². The van der Waals surface area contributed by atoms with Gasteiger partial charge in [0.05, 0.1) is 26.4 Å². The van der Waals surface area contributed by atoms with E-state index in [0.717, 1.165) is 0 Å². The summed E-state index contributed by atoms with van der Waals surface area (Å²) in [6, 6.07) is -0.407. The maximum Gasteiger partial charge on any atom is 0.334 e. The zero-order valence-electron chi connectivity index (χ0n) is 21.3. The third-order valence-electron chi connectivity index (χ3n) is 7.14. The fourth-order valence-electron chi connectivity index (χ4n) is 6.20. The van der Waals surface area contributed by atoms with Gasteiger partial charge in [0.2, 0.25) is 17.8 Å². The van der Waals surface area contributed by atoms with Crippen LogP contribution in [-0.2, 0) is 14.3 Å². The number of aromatic nitrogens is 3. The SMILES string of the molecule is CN1C(=O)N(c2nc(N3CCOCC3)nc(N3CCOCC3)n2)C2(CC(C)(C)NC(C)(C)C2)C1=O. The summed E-state index contributed by atoms with van der Waals surface area (Å²) in [6.45, 7) is 13.2. The summed E-state index contributed by atoms with van der Waals surface area (Å²) in [4.78, 5) is 48.6. The lowest BCUT2D eigenvalue weighted by Gasteiger charge is -2.52. The van der Waals surface area contributed by atoms with Crippen LogP contribution < -0.4 is 20.0 Å². The molecular weight excluding hydrogens is 452 g/mol. The molecule has 192 valence electrons. The lowest BCUT2D eigenvalue weighted by atomic mass is 9.70. The minimum Gasteiger partial charge on any atom is -0.378 e. The van der Waals surface area contributed by atoms with E-state index in [1.165, 1.54) is 9.80 Å². The van der Waals surface area contributed by atoms with Gasteiger partial charge in [0.25, 0.3) is 5.91 Å². The summed E-state index contributed by atoms with van der Waals surface area (Å²) in [7, 11) is 1.54. The van der Waals surface area contributed by atoms with Crippen molar-refractivity contribution in [2.75, 3.05) is 74.4 Å². The van der Waals surface area contributed by atoms with Gasteiger partial charge in [0, 0.05) is 44.3 Å². The van der Waals surface area contributed by atoms with Crippen LogP contribution in [0.25, 0.3) is 0 Å². The third kappa shape index (κ3) is 4.31. The summed E-state index contributed by atoms with van der Waals surface area (Å²) in [6.07, 6.45) is 0.896. The van der Waals surface area contributed by atoms with E-state index in [1.807, 2.05) is 9.80 Å². The summed E-state index contributed by atoms with van der Waals surface area (Å²) in [5, 5.41) is 3.63. The third-order valence-corrected chi connectivity index (χ3v) is 7.14. The fraction of sp³-hybridized carbons (Fsp3) is 0.783. The molecule has 4 saturated heterocycles. The second-order valence-electron chi connectivity index (χ2n) is 11.2. The number of nitrogens with one attached hydrogen (secondary N) is 1. The molecule has 0 saturated carbocycles. The molecule has 12 nitrogen and oxygen atoms in total. The molecule has 5 heterocycles. The summed E-state index contributed by atoms with van der Waals surface area (Å²) in [5.74, 6) is 1.000. The molecule has 0 aliphatic carbocycles. The quantitative estimate of drug-likeness (QED) is 0.607. The number of morpholine rings is 2. The highest BCUT2D eigenvalue weighted by Crippen LogP contribution is 2.46. The first-order chi connectivity index (χ1) is 16.5. The van der Waals surface area contributed by atoms with Crippen molar-refractivity contribution < 1.29 is 19.1 Å². The molecule has 0 aromatic carbocycles. The number of anilines is 3. The number of hydrogen-bond acceptors (Lipinski definition) is 10. The maximum atomic E-state index is 13.7. The van der Waals surface area contributed by atoms with E-state index in [4.69, 9.17) is 24.4 Å². The molecule has 0 unspecified atom stereocenters. The molecule has 0 bridgehead atoms. The molecule has 12 heteroatoms. The Morgan fingerprint density at radius 1 is 0.743 bits per heavy atom. The zero-order valence-corrected chi connectivity index (χ0v) is 21.3. The molecule has 4 aliphatic rings. The Balaban J connectivity index is 1.64. The van der Waals surface area contributed by atoms with Crippen molar-refractivity contribution in [1.82, 2.24) is 25.2 Å². The van der Waals surface area contributed by atoms with Gasteiger partial charge in [-0.2, -0.15) is 15.0 Å². The topological polar surface area (TPSA) is 116 Å². The average molecular weight is 489 g/mol. The molecule has 35 heavy (non-hydrogen) atoms. The highest BCUT2D eigenvalue weighted by Gasteiger charge is 2.63. The number of nitrogens with zero attached hydrogens (tertiary/aromatic N) is 7. The smallest absolute Gasteiger partial charge is 0.334 e. The van der Waals surface area contributed by atoms with E-state index < -0.39 is 11.6 Å². The second kappa shape index (κ2) is 8.52. The Morgan fingerprint density at radius 3 is 1.63 bits per heavy atom. The van der Waals surface area contributed by atoms with Crippen LogP contribution in [-0.4, -0.2) is 108 Å². The highest BCUT2D eigenvalue weighted by molar-refractivity contribution is 6.16. The van der Waals surface area contributed by atoms with Crippen LogP contribution in [0.3, 0.4) is 0 Å². The standard InChI is InChI=1S/C23H36N8O4/c1-21(2)14-23(15-22(3,4)27-21)16(32)28(5)20(33)31(23)19-25-17(29-6-10-34-11-7-29)24-18(26-19)30-8-12-35-13-9-30/h27H,6-15H2,1-5H3. The molecule has 0 atom stereocenters. The van der Waals surface area contributed by atoms with E-state index in [2.05, 4.69) is 33.0 Å². The van der Waals surface area contributed by atoms with Crippen LogP contribution in [0, 0.1) is 0 Å². The predicted molar refractivity (Wildman–Crippen MR) is 130 cm³/mol. The molecule has 3 amide bonds. The van der Waals surface area contributed by atoms with Gasteiger partial charge in [0.1, 0.15) is 5.54 Å². The predicted octanol–water partition coefficient (Wildman–Crippen LogP) is 0.623. The van der Waals surface area contributed by atoms with Gasteiger partial charge in [-0.1, -0.05) is 0 Å². The lowest BCUT2D eigenvalue weighted by molar-refractivity contribution is -0.133. The van der Waals surface area contributed by atoms with Crippen molar-refractivity contribution in [3.05, 3.63) is 0 Å². The van der Waals surface area contributed by atoms with Gasteiger partial charge in [-0.15, -0.1) is 0 Å². The first kappa shape index (κ1) is 24.1. The highest BCUT2D eigenvalue weighted by atomic mass is 16.5. The average Bonchev–Trinajstić information content (AvgIpc) is 2.98. The Hall–Kier alpha value is -2.57. The van der Waals surface area contributed by atoms with Gasteiger partial charge < -0.3 is 24.6 Å². The molecule has 1 spiro atoms. The van der Waals surface area contributed by atoms with Crippen molar-refractivity contribution >= 4 is 29.8 Å². The molecule has 4 aliphatic heterocycles. The minimum absolute atomic E-state index is 0.216. The van der Waals surface area contributed by atoms with Crippen LogP contribution in [0.15, 0.2) is 0 Å². The van der Waals surface area contributed by atoms with Crippen LogP contribution in [0.2, 0.25) is 0 Å². The number of rotatable bonds is 3. The Morgan fingerprint density at radius 2 is 1.17 bits per heavy atom. The molecule has 0 radical (unpaired) electrons. The first-order valence-electron chi connectivity index (χ1n) is 12.3. The monoisotopic (exact) mass is 488 g/mol. The van der Waals surface area contributed by atoms with Gasteiger partial charge in [-0.25, -0.2) is 9.69 Å². The van der Waals surface area contributed by atoms with Gasteiger partial charge in [-0.3, -0.25) is 9.69 Å². The number of hydrogen-bond donors (Lipinski definition) is 1. The van der Waals surface area contributed by atoms with Crippen LogP contribution in [0.4, 0.5) is 22.6 Å². The van der Waals surface area contributed by atoms with Gasteiger partial charge in [-0.05, 0) is 40.5 Å². The molecule has 1 N–H and O–H groups in total. The minimum atomic E-state index is -1.09. The Bertz CT molecular complexity index is 951. The molecule has 5 rings (SSSR count). The van der Waals surface area contributed by atoms with Crippen LogP contribution >= 0.6 is 0 Å². The van der Waals surface area contributed by atoms with E-state index in [1.54, 1.807) is 7.05 Å². The molecule has 4 fully saturated rings. The number of carbonyl (C=O) groups excluding carboxylic acids is 2. The summed E-state index contributed by atoms with van der Waals surface area (Å²) in [5.41, 5.74) is -1.85. The van der Waals surface area contributed by atoms with Crippen LogP contribution in [0.5, 0.6) is 0 Å². The Labute approximate surface area is 206 Å². The number of urea groups is 1.